The molecular formula is C23H29N3O4. The van der Waals surface area contributed by atoms with Gasteiger partial charge in [0.25, 0.3) is 0 Å². The van der Waals surface area contributed by atoms with Crippen molar-refractivity contribution in [2.24, 2.45) is 0 Å². The van der Waals surface area contributed by atoms with Gasteiger partial charge in [-0.25, -0.2) is 4.79 Å². The van der Waals surface area contributed by atoms with Crippen molar-refractivity contribution in [2.45, 2.75) is 25.3 Å². The Morgan fingerprint density at radius 1 is 1.10 bits per heavy atom. The minimum atomic E-state index is -0.450. The van der Waals surface area contributed by atoms with Crippen molar-refractivity contribution in [1.82, 2.24) is 10.2 Å². The number of benzene rings is 2. The Kier molecular flexibility index (Phi) is 7.82. The smallest absolute Gasteiger partial charge is 0.410 e. The van der Waals surface area contributed by atoms with Crippen LogP contribution < -0.4 is 15.0 Å². The van der Waals surface area contributed by atoms with Gasteiger partial charge < -0.3 is 20.1 Å². The second-order valence-corrected chi connectivity index (χ2v) is 7.50. The predicted molar refractivity (Wildman–Crippen MR) is 116 cm³/mol. The van der Waals surface area contributed by atoms with Crippen LogP contribution in [-0.2, 0) is 11.2 Å². The molecule has 0 aromatic heterocycles. The number of carbonyl (C=O) groups is 2. The summed E-state index contributed by atoms with van der Waals surface area (Å²) in [5.41, 5.74) is 1.96. The maximum Gasteiger partial charge on any atom is 0.419 e. The molecule has 2 aromatic carbocycles. The van der Waals surface area contributed by atoms with E-state index in [1.807, 2.05) is 54.6 Å². The van der Waals surface area contributed by atoms with Crippen molar-refractivity contribution in [3.8, 4) is 5.75 Å². The van der Waals surface area contributed by atoms with Gasteiger partial charge in [0.15, 0.2) is 0 Å². The highest BCUT2D eigenvalue weighted by Gasteiger charge is 2.20. The summed E-state index contributed by atoms with van der Waals surface area (Å²) in [5, 5.41) is 11.7. The van der Waals surface area contributed by atoms with Gasteiger partial charge in [-0.05, 0) is 49.1 Å². The minimum Gasteiger partial charge on any atom is -0.410 e. The van der Waals surface area contributed by atoms with Crippen LogP contribution in [0.5, 0.6) is 5.75 Å². The maximum absolute atomic E-state index is 12.3. The molecule has 0 unspecified atom stereocenters. The van der Waals surface area contributed by atoms with Crippen LogP contribution in [0, 0.1) is 0 Å². The number of amides is 2. The largest absolute Gasteiger partial charge is 0.419 e. The van der Waals surface area contributed by atoms with Gasteiger partial charge in [0.1, 0.15) is 12.4 Å². The fraction of sp³-hybridized carbons (Fsp3) is 0.391. The summed E-state index contributed by atoms with van der Waals surface area (Å²) in [7, 11) is 1.68. The zero-order valence-corrected chi connectivity index (χ0v) is 17.3. The number of aliphatic hydroxyl groups excluding tert-OH is 1. The fourth-order valence-electron chi connectivity index (χ4n) is 3.51. The van der Waals surface area contributed by atoms with Crippen molar-refractivity contribution in [3.05, 3.63) is 60.2 Å². The zero-order valence-electron chi connectivity index (χ0n) is 17.3. The summed E-state index contributed by atoms with van der Waals surface area (Å²) < 4.78 is 5.46. The monoisotopic (exact) mass is 411 g/mol. The van der Waals surface area contributed by atoms with Crippen LogP contribution in [0.2, 0.25) is 0 Å². The molecule has 0 aliphatic carbocycles. The van der Waals surface area contributed by atoms with E-state index in [0.29, 0.717) is 5.75 Å². The van der Waals surface area contributed by atoms with E-state index >= 15 is 0 Å². The standard InChI is InChI=1S/C23H29N3O4/c1-25(20-5-3-2-4-6-20)23(29)30-21-9-7-18(8-10-21)11-14-26-15-12-19(13-16-26)24-22(28)17-27/h2-10,19,27H,11-17H2,1H3,(H,24,28). The van der Waals surface area contributed by atoms with E-state index in [-0.39, 0.29) is 11.9 Å². The van der Waals surface area contributed by atoms with Gasteiger partial charge in [-0.2, -0.15) is 0 Å². The number of nitrogens with one attached hydrogen (secondary N) is 1. The number of carbonyl (C=O) groups excluding carboxylic acids is 2. The van der Waals surface area contributed by atoms with Crippen molar-refractivity contribution >= 4 is 17.7 Å². The molecular weight excluding hydrogens is 382 g/mol. The van der Waals surface area contributed by atoms with Crippen molar-refractivity contribution in [1.29, 1.82) is 0 Å². The third-order valence-corrected chi connectivity index (χ3v) is 5.36. The molecule has 2 N–H and O–H groups in total. The van der Waals surface area contributed by atoms with Gasteiger partial charge in [-0.3, -0.25) is 9.69 Å². The first-order valence-corrected chi connectivity index (χ1v) is 10.3. The van der Waals surface area contributed by atoms with E-state index in [2.05, 4.69) is 10.2 Å². The molecule has 7 nitrogen and oxygen atoms in total. The second kappa shape index (κ2) is 10.8. The van der Waals surface area contributed by atoms with Gasteiger partial charge in [0.2, 0.25) is 5.91 Å². The first-order chi connectivity index (χ1) is 14.5. The lowest BCUT2D eigenvalue weighted by Crippen LogP contribution is -2.45. The van der Waals surface area contributed by atoms with E-state index in [9.17, 15) is 9.59 Å². The third kappa shape index (κ3) is 6.30. The average Bonchev–Trinajstić information content (AvgIpc) is 2.79. The molecule has 2 aromatic rings. The molecule has 160 valence electrons. The molecule has 1 aliphatic rings. The molecule has 1 saturated heterocycles. The number of piperidine rings is 1. The predicted octanol–water partition coefficient (Wildman–Crippen LogP) is 2.44. The molecule has 0 saturated carbocycles. The summed E-state index contributed by atoms with van der Waals surface area (Å²) in [4.78, 5) is 27.4. The molecule has 0 radical (unpaired) electrons. The Balaban J connectivity index is 1.42. The van der Waals surface area contributed by atoms with E-state index in [1.54, 1.807) is 7.05 Å². The van der Waals surface area contributed by atoms with E-state index in [1.165, 1.54) is 10.5 Å². The number of hydrogen-bond donors (Lipinski definition) is 2. The third-order valence-electron chi connectivity index (χ3n) is 5.36. The first kappa shape index (κ1) is 21.8. The van der Waals surface area contributed by atoms with Gasteiger partial charge >= 0.3 is 6.09 Å². The Morgan fingerprint density at radius 2 is 1.77 bits per heavy atom. The highest BCUT2D eigenvalue weighted by molar-refractivity contribution is 5.88. The summed E-state index contributed by atoms with van der Waals surface area (Å²) in [6.45, 7) is 2.35. The molecule has 30 heavy (non-hydrogen) atoms. The van der Waals surface area contributed by atoms with Gasteiger partial charge in [0, 0.05) is 38.4 Å². The lowest BCUT2D eigenvalue weighted by molar-refractivity contribution is -0.124. The minimum absolute atomic E-state index is 0.156. The van der Waals surface area contributed by atoms with Crippen LogP contribution >= 0.6 is 0 Å². The highest BCUT2D eigenvalue weighted by Crippen LogP contribution is 2.18. The van der Waals surface area contributed by atoms with E-state index < -0.39 is 12.7 Å². The van der Waals surface area contributed by atoms with Crippen LogP contribution in [0.25, 0.3) is 0 Å². The molecule has 7 heteroatoms. The number of para-hydroxylation sites is 1. The topological polar surface area (TPSA) is 82.1 Å². The van der Waals surface area contributed by atoms with Crippen LogP contribution in [0.4, 0.5) is 10.5 Å². The quantitative estimate of drug-likeness (QED) is 0.731. The Hall–Kier alpha value is -2.90. The zero-order chi connectivity index (χ0) is 21.3. The first-order valence-electron chi connectivity index (χ1n) is 10.3. The lowest BCUT2D eigenvalue weighted by Gasteiger charge is -2.32. The molecule has 0 spiro atoms. The number of likely N-dealkylation sites (tertiary alicyclic amines) is 1. The Labute approximate surface area is 177 Å². The highest BCUT2D eigenvalue weighted by atomic mass is 16.6. The SMILES string of the molecule is CN(C(=O)Oc1ccc(CCN2CCC(NC(=O)CO)CC2)cc1)c1ccccc1. The number of rotatable bonds is 7. The maximum atomic E-state index is 12.3. The average molecular weight is 412 g/mol. The summed E-state index contributed by atoms with van der Waals surface area (Å²) in [5.74, 6) is 0.219. The number of aliphatic hydroxyl groups is 1. The Bertz CT molecular complexity index is 818. The van der Waals surface area contributed by atoms with Crippen molar-refractivity contribution in [3.63, 3.8) is 0 Å². The van der Waals surface area contributed by atoms with Crippen LogP contribution in [0.1, 0.15) is 18.4 Å². The number of anilines is 1. The summed E-state index contributed by atoms with van der Waals surface area (Å²) in [6.07, 6.45) is 2.28. The van der Waals surface area contributed by atoms with E-state index in [4.69, 9.17) is 9.84 Å². The fourth-order valence-corrected chi connectivity index (χ4v) is 3.51. The summed E-state index contributed by atoms with van der Waals surface area (Å²) >= 11 is 0. The second-order valence-electron chi connectivity index (χ2n) is 7.50. The van der Waals surface area contributed by atoms with Gasteiger partial charge in [-0.1, -0.05) is 30.3 Å². The van der Waals surface area contributed by atoms with Crippen molar-refractivity contribution in [2.75, 3.05) is 38.2 Å². The van der Waals surface area contributed by atoms with Crippen molar-refractivity contribution < 1.29 is 19.4 Å². The van der Waals surface area contributed by atoms with Crippen LogP contribution in [0.3, 0.4) is 0 Å². The van der Waals surface area contributed by atoms with Gasteiger partial charge in [-0.15, -0.1) is 0 Å². The van der Waals surface area contributed by atoms with Gasteiger partial charge in [0.05, 0.1) is 0 Å². The van der Waals surface area contributed by atoms with Crippen LogP contribution in [-0.4, -0.2) is 61.3 Å². The molecule has 1 heterocycles. The molecule has 0 bridgehead atoms. The molecule has 3 rings (SSSR count). The lowest BCUT2D eigenvalue weighted by atomic mass is 10.0. The van der Waals surface area contributed by atoms with E-state index in [0.717, 1.165) is 44.6 Å². The molecule has 0 atom stereocenters. The Morgan fingerprint density at radius 3 is 2.40 bits per heavy atom. The molecule has 2 amide bonds. The molecule has 1 aliphatic heterocycles. The summed E-state index contributed by atoms with van der Waals surface area (Å²) in [6, 6.07) is 17.1. The number of hydrogen-bond acceptors (Lipinski definition) is 5. The molecule has 1 fully saturated rings. The number of ether oxygens (including phenoxy) is 1. The normalized spacial score (nSPS) is 14.9. The number of nitrogens with zero attached hydrogens (tertiary/aromatic N) is 2. The van der Waals surface area contributed by atoms with Crippen LogP contribution in [0.15, 0.2) is 54.6 Å².